The normalized spacial score (nSPS) is 17.3. The van der Waals surface area contributed by atoms with E-state index >= 15 is 0 Å². The van der Waals surface area contributed by atoms with Crippen LogP contribution in [0.25, 0.3) is 17.4 Å². The van der Waals surface area contributed by atoms with Crippen LogP contribution in [-0.2, 0) is 9.59 Å². The van der Waals surface area contributed by atoms with Gasteiger partial charge in [-0.25, -0.2) is 0 Å². The third kappa shape index (κ3) is 3.26. The van der Waals surface area contributed by atoms with E-state index in [9.17, 15) is 24.4 Å². The summed E-state index contributed by atoms with van der Waals surface area (Å²) in [7, 11) is 0. The molecule has 0 bridgehead atoms. The van der Waals surface area contributed by atoms with E-state index < -0.39 is 23.6 Å². The molecule has 3 heterocycles. The highest BCUT2D eigenvalue weighted by molar-refractivity contribution is 6.22. The van der Waals surface area contributed by atoms with Crippen LogP contribution in [0.4, 0.5) is 0 Å². The van der Waals surface area contributed by atoms with Gasteiger partial charge < -0.3 is 4.42 Å². The minimum atomic E-state index is -0.588. The molecular weight excluding hydrogens is 398 g/mol. The molecule has 0 saturated carbocycles. The molecule has 0 atom stereocenters. The Morgan fingerprint density at radius 1 is 1.06 bits per heavy atom. The lowest BCUT2D eigenvalue weighted by Gasteiger charge is -2.26. The second-order valence-electron chi connectivity index (χ2n) is 7.18. The van der Waals surface area contributed by atoms with Crippen LogP contribution in [-0.4, -0.2) is 35.1 Å². The maximum atomic E-state index is 12.8. The number of fused-ring (bicyclic) bond motifs is 1. The molecule has 0 unspecified atom stereocenters. The predicted molar refractivity (Wildman–Crippen MR) is 109 cm³/mol. The summed E-state index contributed by atoms with van der Waals surface area (Å²) in [6.45, 7) is 3.61. The van der Waals surface area contributed by atoms with Crippen LogP contribution in [0.5, 0.6) is 0 Å². The van der Waals surface area contributed by atoms with Gasteiger partial charge in [0.1, 0.15) is 23.2 Å². The lowest BCUT2D eigenvalue weighted by Crippen LogP contribution is -2.43. The van der Waals surface area contributed by atoms with E-state index in [1.54, 1.807) is 37.3 Å². The molecule has 2 aliphatic rings. The van der Waals surface area contributed by atoms with Gasteiger partial charge in [-0.15, -0.1) is 0 Å². The molecule has 4 rings (SSSR count). The Bertz CT molecular complexity index is 1270. The number of furan rings is 1. The van der Waals surface area contributed by atoms with Crippen molar-refractivity contribution in [2.75, 3.05) is 6.54 Å². The number of hydrogen-bond donors (Lipinski definition) is 1. The van der Waals surface area contributed by atoms with Gasteiger partial charge in [0.05, 0.1) is 11.1 Å². The molecule has 2 aliphatic heterocycles. The molecule has 154 valence electrons. The van der Waals surface area contributed by atoms with E-state index in [0.29, 0.717) is 34.6 Å². The van der Waals surface area contributed by atoms with Crippen molar-refractivity contribution < 1.29 is 23.6 Å². The van der Waals surface area contributed by atoms with Gasteiger partial charge in [-0.3, -0.25) is 29.4 Å². The Morgan fingerprint density at radius 2 is 1.81 bits per heavy atom. The lowest BCUT2D eigenvalue weighted by molar-refractivity contribution is -0.140. The van der Waals surface area contributed by atoms with Crippen molar-refractivity contribution in [3.63, 3.8) is 0 Å². The van der Waals surface area contributed by atoms with Gasteiger partial charge in [0.15, 0.2) is 0 Å². The Kier molecular flexibility index (Phi) is 4.87. The standard InChI is InChI=1S/C23H17N3O5/c1-3-8-26-22(29)16(12(2)18(11-24)23(26)30)10-14-5-7-19(31-14)13-4-6-15-17(9-13)21(28)25-20(15)27/h4-7,9-10H,3,8H2,1-2H3,(H,25,27,28)/b16-10+. The van der Waals surface area contributed by atoms with Crippen LogP contribution in [0.2, 0.25) is 0 Å². The number of benzene rings is 1. The number of nitrogens with zero attached hydrogens (tertiary/aromatic N) is 2. The Morgan fingerprint density at radius 3 is 2.52 bits per heavy atom. The van der Waals surface area contributed by atoms with Gasteiger partial charge in [0.2, 0.25) is 0 Å². The van der Waals surface area contributed by atoms with Gasteiger partial charge >= 0.3 is 0 Å². The highest BCUT2D eigenvalue weighted by Crippen LogP contribution is 2.30. The zero-order chi connectivity index (χ0) is 22.3. The highest BCUT2D eigenvalue weighted by atomic mass is 16.3. The minimum absolute atomic E-state index is 0.0691. The van der Waals surface area contributed by atoms with E-state index in [4.69, 9.17) is 4.42 Å². The molecule has 0 saturated heterocycles. The maximum absolute atomic E-state index is 12.8. The third-order valence-corrected chi connectivity index (χ3v) is 5.21. The summed E-state index contributed by atoms with van der Waals surface area (Å²) >= 11 is 0. The molecule has 0 fully saturated rings. The summed E-state index contributed by atoms with van der Waals surface area (Å²) < 4.78 is 5.83. The van der Waals surface area contributed by atoms with E-state index in [1.807, 2.05) is 13.0 Å². The summed E-state index contributed by atoms with van der Waals surface area (Å²) in [5.41, 5.74) is 1.62. The predicted octanol–water partition coefficient (Wildman–Crippen LogP) is 2.83. The number of nitriles is 1. The molecule has 0 aliphatic carbocycles. The molecule has 1 aromatic carbocycles. The van der Waals surface area contributed by atoms with Crippen molar-refractivity contribution in [3.8, 4) is 17.4 Å². The molecule has 4 amide bonds. The highest BCUT2D eigenvalue weighted by Gasteiger charge is 2.35. The van der Waals surface area contributed by atoms with Crippen molar-refractivity contribution >= 4 is 29.7 Å². The molecule has 31 heavy (non-hydrogen) atoms. The minimum Gasteiger partial charge on any atom is -0.457 e. The number of nitrogens with one attached hydrogen (secondary N) is 1. The molecule has 0 spiro atoms. The van der Waals surface area contributed by atoms with Gasteiger partial charge in [-0.05, 0) is 49.3 Å². The van der Waals surface area contributed by atoms with E-state index in [1.165, 1.54) is 6.08 Å². The van der Waals surface area contributed by atoms with Crippen LogP contribution in [0.15, 0.2) is 51.5 Å². The van der Waals surface area contributed by atoms with Crippen LogP contribution in [0.1, 0.15) is 46.7 Å². The van der Waals surface area contributed by atoms with Gasteiger partial charge in [0.25, 0.3) is 23.6 Å². The second-order valence-corrected chi connectivity index (χ2v) is 7.18. The number of hydrogen-bond acceptors (Lipinski definition) is 6. The molecule has 8 nitrogen and oxygen atoms in total. The molecule has 1 aromatic heterocycles. The summed E-state index contributed by atoms with van der Waals surface area (Å²) in [5.74, 6) is -1.18. The maximum Gasteiger partial charge on any atom is 0.271 e. The molecular formula is C23H17N3O5. The van der Waals surface area contributed by atoms with E-state index in [2.05, 4.69) is 5.32 Å². The topological polar surface area (TPSA) is 120 Å². The molecule has 0 radical (unpaired) electrons. The fraction of sp³-hybridized carbons (Fsp3) is 0.174. The first-order valence-corrected chi connectivity index (χ1v) is 9.64. The fourth-order valence-corrected chi connectivity index (χ4v) is 3.61. The van der Waals surface area contributed by atoms with Crippen LogP contribution in [0.3, 0.4) is 0 Å². The van der Waals surface area contributed by atoms with E-state index in [0.717, 1.165) is 4.90 Å². The number of amides is 4. The average molecular weight is 415 g/mol. The monoisotopic (exact) mass is 415 g/mol. The Hall–Kier alpha value is -4.25. The van der Waals surface area contributed by atoms with Crippen LogP contribution < -0.4 is 5.32 Å². The summed E-state index contributed by atoms with van der Waals surface area (Å²) in [6, 6.07) is 10.00. The molecule has 8 heteroatoms. The first-order valence-electron chi connectivity index (χ1n) is 9.64. The van der Waals surface area contributed by atoms with Crippen molar-refractivity contribution in [2.24, 2.45) is 0 Å². The first-order chi connectivity index (χ1) is 14.8. The molecule has 2 aromatic rings. The fourth-order valence-electron chi connectivity index (χ4n) is 3.61. The summed E-state index contributed by atoms with van der Waals surface area (Å²) in [5, 5.41) is 11.6. The van der Waals surface area contributed by atoms with Crippen molar-refractivity contribution in [3.05, 3.63) is 63.9 Å². The van der Waals surface area contributed by atoms with Crippen molar-refractivity contribution in [2.45, 2.75) is 20.3 Å². The van der Waals surface area contributed by atoms with Crippen LogP contribution in [0, 0.1) is 11.3 Å². The zero-order valence-corrected chi connectivity index (χ0v) is 16.8. The van der Waals surface area contributed by atoms with Crippen molar-refractivity contribution in [1.29, 1.82) is 5.26 Å². The van der Waals surface area contributed by atoms with Gasteiger partial charge in [-0.2, -0.15) is 5.26 Å². The summed E-state index contributed by atoms with van der Waals surface area (Å²) in [6.07, 6.45) is 2.07. The second kappa shape index (κ2) is 7.54. The number of rotatable bonds is 4. The average Bonchev–Trinajstić information content (AvgIpc) is 3.33. The van der Waals surface area contributed by atoms with Crippen LogP contribution >= 0.6 is 0 Å². The molecule has 1 N–H and O–H groups in total. The smallest absolute Gasteiger partial charge is 0.271 e. The zero-order valence-electron chi connectivity index (χ0n) is 16.8. The SMILES string of the molecule is CCCN1C(=O)C(C#N)=C(C)/C(=C\c2ccc(-c3ccc4c(c3)C(=O)NC4=O)o2)C1=O. The quantitative estimate of drug-likeness (QED) is 0.606. The van der Waals surface area contributed by atoms with E-state index in [-0.39, 0.29) is 23.3 Å². The Labute approximate surface area is 177 Å². The third-order valence-electron chi connectivity index (χ3n) is 5.21. The van der Waals surface area contributed by atoms with Crippen molar-refractivity contribution in [1.82, 2.24) is 10.2 Å². The number of carbonyl (C=O) groups excluding carboxylic acids is 4. The van der Waals surface area contributed by atoms with Gasteiger partial charge in [0, 0.05) is 17.7 Å². The lowest BCUT2D eigenvalue weighted by atomic mass is 9.94. The summed E-state index contributed by atoms with van der Waals surface area (Å²) in [4.78, 5) is 49.9. The Balaban J connectivity index is 1.72. The number of imide groups is 2. The van der Waals surface area contributed by atoms with Gasteiger partial charge in [-0.1, -0.05) is 13.0 Å². The largest absolute Gasteiger partial charge is 0.457 e. The number of carbonyl (C=O) groups is 4. The first kappa shape index (κ1) is 20.0.